The van der Waals surface area contributed by atoms with Crippen LogP contribution < -0.4 is 21.5 Å². The maximum Gasteiger partial charge on any atom is 0.186 e. The van der Waals surface area contributed by atoms with Crippen LogP contribution >= 0.6 is 24.4 Å². The minimum absolute atomic E-state index is 0.161. The fraction of sp³-hybridized carbons (Fsp3) is 0.200. The van der Waals surface area contributed by atoms with Gasteiger partial charge in [-0.2, -0.15) is 10.2 Å². The summed E-state index contributed by atoms with van der Waals surface area (Å²) in [7, 11) is 0. The molecule has 29 heavy (non-hydrogen) atoms. The Kier molecular flexibility index (Phi) is 9.00. The van der Waals surface area contributed by atoms with E-state index in [1.54, 1.807) is 24.3 Å². The third-order valence-corrected chi connectivity index (χ3v) is 4.10. The molecule has 0 spiro atoms. The molecule has 0 heterocycles. The molecule has 0 unspecified atom stereocenters. The number of thiocarbonyl (C=S) groups is 2. The first-order valence-corrected chi connectivity index (χ1v) is 9.95. The fourth-order valence-electron chi connectivity index (χ4n) is 2.34. The lowest BCUT2D eigenvalue weighted by Crippen LogP contribution is -2.35. The van der Waals surface area contributed by atoms with Gasteiger partial charge in [-0.1, -0.05) is 30.3 Å². The number of nitrogens with one attached hydrogen (secondary N) is 4. The summed E-state index contributed by atoms with van der Waals surface area (Å²) < 4.78 is 0. The van der Waals surface area contributed by atoms with Gasteiger partial charge < -0.3 is 15.7 Å². The van der Waals surface area contributed by atoms with Gasteiger partial charge in [-0.05, 0) is 62.5 Å². The maximum atomic E-state index is 9.66. The average molecular weight is 429 g/mol. The third-order valence-electron chi connectivity index (χ3n) is 3.63. The number of aromatic hydroxyl groups is 1. The van der Waals surface area contributed by atoms with E-state index in [-0.39, 0.29) is 5.75 Å². The van der Waals surface area contributed by atoms with Gasteiger partial charge in [0.05, 0.1) is 0 Å². The van der Waals surface area contributed by atoms with Crippen LogP contribution in [0.1, 0.15) is 25.0 Å². The van der Waals surface area contributed by atoms with Crippen LogP contribution in [0.25, 0.3) is 0 Å². The average Bonchev–Trinajstić information content (AvgIpc) is 2.72. The van der Waals surface area contributed by atoms with E-state index in [4.69, 9.17) is 24.4 Å². The van der Waals surface area contributed by atoms with Gasteiger partial charge >= 0.3 is 0 Å². The van der Waals surface area contributed by atoms with Gasteiger partial charge in [0.1, 0.15) is 17.2 Å². The van der Waals surface area contributed by atoms with E-state index >= 15 is 0 Å². The molecule has 0 radical (unpaired) electrons. The molecule has 0 bridgehead atoms. The summed E-state index contributed by atoms with van der Waals surface area (Å²) >= 11 is 10.5. The number of hydrogen-bond acceptors (Lipinski definition) is 5. The molecule has 2 rings (SSSR count). The van der Waals surface area contributed by atoms with Crippen LogP contribution in [0.15, 0.2) is 64.8 Å². The SMILES string of the molecule is CCNC(=S)NN=C(C(=NNC(=S)NCC)c1ccc(O)cc1)c1ccccc1. The van der Waals surface area contributed by atoms with Crippen LogP contribution in [-0.2, 0) is 0 Å². The Balaban J connectivity index is 2.51. The topological polar surface area (TPSA) is 93.1 Å². The molecule has 2 aromatic carbocycles. The van der Waals surface area contributed by atoms with Gasteiger partial charge in [-0.3, -0.25) is 10.9 Å². The molecule has 0 aliphatic rings. The highest BCUT2D eigenvalue weighted by molar-refractivity contribution is 7.80. The molecule has 0 saturated carbocycles. The summed E-state index contributed by atoms with van der Waals surface area (Å²) in [5.74, 6) is 0.161. The van der Waals surface area contributed by atoms with Crippen molar-refractivity contribution >= 4 is 46.1 Å². The second kappa shape index (κ2) is 11.7. The highest BCUT2D eigenvalue weighted by Gasteiger charge is 2.16. The number of hydrazone groups is 2. The van der Waals surface area contributed by atoms with Gasteiger partial charge in [0.25, 0.3) is 0 Å². The quantitative estimate of drug-likeness (QED) is 0.263. The molecule has 2 aromatic rings. The lowest BCUT2D eigenvalue weighted by molar-refractivity contribution is 0.475. The van der Waals surface area contributed by atoms with Crippen LogP contribution in [0.2, 0.25) is 0 Å². The minimum atomic E-state index is 0.161. The first-order valence-electron chi connectivity index (χ1n) is 9.13. The maximum absolute atomic E-state index is 9.66. The Hall–Kier alpha value is -3.04. The van der Waals surface area contributed by atoms with Crippen molar-refractivity contribution in [1.82, 2.24) is 21.5 Å². The summed E-state index contributed by atoms with van der Waals surface area (Å²) in [4.78, 5) is 0. The largest absolute Gasteiger partial charge is 0.508 e. The Morgan fingerprint density at radius 1 is 0.759 bits per heavy atom. The second-order valence-corrected chi connectivity index (χ2v) is 6.59. The number of nitrogens with zero attached hydrogens (tertiary/aromatic N) is 2. The van der Waals surface area contributed by atoms with Crippen LogP contribution in [0.5, 0.6) is 5.75 Å². The van der Waals surface area contributed by atoms with E-state index in [1.165, 1.54) is 0 Å². The van der Waals surface area contributed by atoms with Gasteiger partial charge in [0, 0.05) is 24.2 Å². The Morgan fingerprint density at radius 3 is 1.66 bits per heavy atom. The lowest BCUT2D eigenvalue weighted by atomic mass is 10.00. The van der Waals surface area contributed by atoms with Crippen LogP contribution in [0.3, 0.4) is 0 Å². The monoisotopic (exact) mass is 428 g/mol. The van der Waals surface area contributed by atoms with Crippen molar-refractivity contribution in [3.8, 4) is 5.75 Å². The van der Waals surface area contributed by atoms with E-state index in [0.717, 1.165) is 11.1 Å². The van der Waals surface area contributed by atoms with Gasteiger partial charge in [0.2, 0.25) is 0 Å². The van der Waals surface area contributed by atoms with Gasteiger partial charge in [-0.15, -0.1) is 0 Å². The Morgan fingerprint density at radius 2 is 1.21 bits per heavy atom. The lowest BCUT2D eigenvalue weighted by Gasteiger charge is -2.13. The highest BCUT2D eigenvalue weighted by Crippen LogP contribution is 2.14. The predicted molar refractivity (Wildman–Crippen MR) is 126 cm³/mol. The minimum Gasteiger partial charge on any atom is -0.508 e. The van der Waals surface area contributed by atoms with E-state index in [1.807, 2.05) is 44.2 Å². The molecule has 0 saturated heterocycles. The van der Waals surface area contributed by atoms with Crippen molar-refractivity contribution in [3.63, 3.8) is 0 Å². The van der Waals surface area contributed by atoms with E-state index in [2.05, 4.69) is 31.7 Å². The van der Waals surface area contributed by atoms with Crippen molar-refractivity contribution in [2.45, 2.75) is 13.8 Å². The molecular weight excluding hydrogens is 404 g/mol. The standard InChI is InChI=1S/C20H24N6OS2/c1-3-21-19(28)25-23-17(14-8-6-5-7-9-14)18(24-26-20(29)22-4-2)15-10-12-16(27)13-11-15/h5-13,27H,3-4H2,1-2H3,(H2,21,25,28)(H2,22,26,29). The zero-order valence-corrected chi connectivity index (χ0v) is 17.9. The third kappa shape index (κ3) is 7.13. The Labute approximate surface area is 181 Å². The zero-order chi connectivity index (χ0) is 21.1. The second-order valence-electron chi connectivity index (χ2n) is 5.78. The molecule has 0 aliphatic heterocycles. The van der Waals surface area contributed by atoms with Crippen LogP contribution in [-0.4, -0.2) is 39.8 Å². The summed E-state index contributed by atoms with van der Waals surface area (Å²) in [5.41, 5.74) is 8.38. The van der Waals surface area contributed by atoms with Crippen molar-refractivity contribution < 1.29 is 5.11 Å². The van der Waals surface area contributed by atoms with Crippen LogP contribution in [0, 0.1) is 0 Å². The van der Waals surface area contributed by atoms with E-state index in [0.29, 0.717) is 34.7 Å². The molecular formula is C20H24N6OS2. The number of benzene rings is 2. The van der Waals surface area contributed by atoms with Crippen molar-refractivity contribution in [2.24, 2.45) is 10.2 Å². The predicted octanol–water partition coefficient (Wildman–Crippen LogP) is 2.47. The normalized spacial score (nSPS) is 11.5. The molecule has 0 amide bonds. The number of phenolic OH excluding ortho intramolecular Hbond substituents is 1. The number of hydrogen-bond donors (Lipinski definition) is 5. The summed E-state index contributed by atoms with van der Waals surface area (Å²) in [6.07, 6.45) is 0. The molecule has 152 valence electrons. The Bertz CT molecular complexity index is 882. The van der Waals surface area contributed by atoms with E-state index in [9.17, 15) is 5.11 Å². The summed E-state index contributed by atoms with van der Waals surface area (Å²) in [5, 5.41) is 25.4. The molecule has 5 N–H and O–H groups in total. The molecule has 0 aromatic heterocycles. The zero-order valence-electron chi connectivity index (χ0n) is 16.3. The van der Waals surface area contributed by atoms with Gasteiger partial charge in [0.15, 0.2) is 10.2 Å². The molecule has 7 nitrogen and oxygen atoms in total. The first kappa shape index (κ1) is 22.3. The molecule has 0 atom stereocenters. The smallest absolute Gasteiger partial charge is 0.186 e. The highest BCUT2D eigenvalue weighted by atomic mass is 32.1. The molecule has 0 fully saturated rings. The van der Waals surface area contributed by atoms with Crippen molar-refractivity contribution in [2.75, 3.05) is 13.1 Å². The van der Waals surface area contributed by atoms with Crippen LogP contribution in [0.4, 0.5) is 0 Å². The summed E-state index contributed by atoms with van der Waals surface area (Å²) in [6.45, 7) is 5.25. The van der Waals surface area contributed by atoms with E-state index < -0.39 is 0 Å². The first-order chi connectivity index (χ1) is 14.0. The van der Waals surface area contributed by atoms with Crippen molar-refractivity contribution in [3.05, 3.63) is 65.7 Å². The van der Waals surface area contributed by atoms with Crippen molar-refractivity contribution in [1.29, 1.82) is 0 Å². The summed E-state index contributed by atoms with van der Waals surface area (Å²) in [6, 6.07) is 16.3. The molecule has 9 heteroatoms. The fourth-order valence-corrected chi connectivity index (χ4v) is 2.72. The number of rotatable bonds is 7. The number of phenols is 1. The molecule has 0 aliphatic carbocycles. The van der Waals surface area contributed by atoms with Gasteiger partial charge in [-0.25, -0.2) is 0 Å².